The first-order valence-electron chi connectivity index (χ1n) is 6.85. The number of fused-ring (bicyclic) bond motifs is 1. The maximum absolute atomic E-state index is 11.7. The molecule has 102 valence electrons. The van der Waals surface area contributed by atoms with Crippen molar-refractivity contribution in [1.82, 2.24) is 5.32 Å². The van der Waals surface area contributed by atoms with E-state index in [0.29, 0.717) is 17.1 Å². The molecule has 1 aromatic rings. The Bertz CT molecular complexity index is 502. The van der Waals surface area contributed by atoms with Gasteiger partial charge in [-0.3, -0.25) is 5.32 Å². The number of amides is 2. The molecule has 1 aliphatic rings. The first-order valence-corrected chi connectivity index (χ1v) is 7.67. The molecule has 0 aliphatic heterocycles. The minimum atomic E-state index is -0.205. The zero-order chi connectivity index (χ0) is 13.7. The summed E-state index contributed by atoms with van der Waals surface area (Å²) in [5.74, 6) is 0. The summed E-state index contributed by atoms with van der Waals surface area (Å²) in [6.07, 6.45) is 6.35. The quantitative estimate of drug-likeness (QED) is 0.828. The number of nitrogens with one attached hydrogen (secondary N) is 2. The number of carbonyl (C=O) groups excluding carboxylic acids is 1. The van der Waals surface area contributed by atoms with Gasteiger partial charge in [-0.2, -0.15) is 5.26 Å². The lowest BCUT2D eigenvalue weighted by Gasteiger charge is -2.09. The molecule has 1 heterocycles. The molecule has 0 fully saturated rings. The number of aryl methyl sites for hydroxylation is 1. The number of nitrogens with zero attached hydrogens (tertiary/aromatic N) is 1. The van der Waals surface area contributed by atoms with E-state index in [2.05, 4.69) is 23.6 Å². The van der Waals surface area contributed by atoms with Gasteiger partial charge in [0.15, 0.2) is 0 Å². The zero-order valence-electron chi connectivity index (χ0n) is 11.2. The van der Waals surface area contributed by atoms with Crippen molar-refractivity contribution in [2.75, 3.05) is 11.9 Å². The van der Waals surface area contributed by atoms with Gasteiger partial charge in [-0.15, -0.1) is 11.3 Å². The van der Waals surface area contributed by atoms with Gasteiger partial charge in [0, 0.05) is 11.4 Å². The normalized spacial score (nSPS) is 13.5. The molecule has 2 rings (SSSR count). The van der Waals surface area contributed by atoms with Crippen LogP contribution < -0.4 is 10.6 Å². The summed E-state index contributed by atoms with van der Waals surface area (Å²) >= 11 is 1.56. The van der Waals surface area contributed by atoms with Gasteiger partial charge in [0.2, 0.25) is 0 Å². The molecule has 0 aromatic carbocycles. The van der Waals surface area contributed by atoms with Gasteiger partial charge in [0.05, 0.1) is 5.56 Å². The minimum absolute atomic E-state index is 0.205. The summed E-state index contributed by atoms with van der Waals surface area (Å²) in [6.45, 7) is 2.76. The average Bonchev–Trinajstić information content (AvgIpc) is 2.76. The van der Waals surface area contributed by atoms with Crippen LogP contribution in [0, 0.1) is 11.3 Å². The summed E-state index contributed by atoms with van der Waals surface area (Å²) in [4.78, 5) is 13.0. The van der Waals surface area contributed by atoms with E-state index in [-0.39, 0.29) is 6.03 Å². The Balaban J connectivity index is 2.06. The highest BCUT2D eigenvalue weighted by Gasteiger charge is 2.21. The number of rotatable bonds is 4. The van der Waals surface area contributed by atoms with Crippen LogP contribution in [0.1, 0.15) is 48.6 Å². The maximum Gasteiger partial charge on any atom is 0.319 e. The third kappa shape index (κ3) is 3.27. The molecule has 5 heteroatoms. The first-order chi connectivity index (χ1) is 9.26. The molecule has 0 saturated heterocycles. The fraction of sp³-hybridized carbons (Fsp3) is 0.571. The molecule has 4 nitrogen and oxygen atoms in total. The Morgan fingerprint density at radius 1 is 1.42 bits per heavy atom. The fourth-order valence-electron chi connectivity index (χ4n) is 2.30. The van der Waals surface area contributed by atoms with Crippen molar-refractivity contribution in [1.29, 1.82) is 5.26 Å². The van der Waals surface area contributed by atoms with Crippen LogP contribution in [0.3, 0.4) is 0 Å². The van der Waals surface area contributed by atoms with Gasteiger partial charge in [-0.1, -0.05) is 13.3 Å². The molecular formula is C14H19N3OS. The van der Waals surface area contributed by atoms with Crippen LogP contribution in [0.15, 0.2) is 0 Å². The van der Waals surface area contributed by atoms with Crippen molar-refractivity contribution in [3.05, 3.63) is 16.0 Å². The van der Waals surface area contributed by atoms with Gasteiger partial charge < -0.3 is 5.32 Å². The number of hydrogen-bond donors (Lipinski definition) is 2. The van der Waals surface area contributed by atoms with Crippen molar-refractivity contribution < 1.29 is 4.79 Å². The van der Waals surface area contributed by atoms with E-state index in [0.717, 1.165) is 37.7 Å². The molecule has 0 atom stereocenters. The van der Waals surface area contributed by atoms with Gasteiger partial charge in [0.25, 0.3) is 0 Å². The number of carbonyl (C=O) groups is 1. The average molecular weight is 277 g/mol. The number of hydrogen-bond acceptors (Lipinski definition) is 3. The molecule has 0 spiro atoms. The summed E-state index contributed by atoms with van der Waals surface area (Å²) in [5, 5.41) is 15.6. The predicted octanol–water partition coefficient (Wildman–Crippen LogP) is 3.42. The highest BCUT2D eigenvalue weighted by atomic mass is 32.1. The molecule has 0 bridgehead atoms. The molecule has 19 heavy (non-hydrogen) atoms. The smallest absolute Gasteiger partial charge is 0.319 e. The second-order valence-corrected chi connectivity index (χ2v) is 5.87. The van der Waals surface area contributed by atoms with E-state index in [1.54, 1.807) is 11.3 Å². The van der Waals surface area contributed by atoms with Crippen LogP contribution in [-0.2, 0) is 12.8 Å². The van der Waals surface area contributed by atoms with Crippen LogP contribution >= 0.6 is 11.3 Å². The molecule has 0 unspecified atom stereocenters. The lowest BCUT2D eigenvalue weighted by atomic mass is 9.96. The Morgan fingerprint density at radius 2 is 2.21 bits per heavy atom. The minimum Gasteiger partial charge on any atom is -0.338 e. The largest absolute Gasteiger partial charge is 0.338 e. The van der Waals surface area contributed by atoms with E-state index >= 15 is 0 Å². The second-order valence-electron chi connectivity index (χ2n) is 4.76. The maximum atomic E-state index is 11.7. The predicted molar refractivity (Wildman–Crippen MR) is 77.6 cm³/mol. The number of anilines is 1. The van der Waals surface area contributed by atoms with Crippen LogP contribution in [0.5, 0.6) is 0 Å². The number of urea groups is 1. The van der Waals surface area contributed by atoms with Crippen LogP contribution in [-0.4, -0.2) is 12.6 Å². The molecule has 2 N–H and O–H groups in total. The van der Waals surface area contributed by atoms with Gasteiger partial charge in [-0.25, -0.2) is 4.79 Å². The first kappa shape index (κ1) is 13.9. The van der Waals surface area contributed by atoms with Crippen molar-refractivity contribution in [2.45, 2.75) is 45.4 Å². The number of thiophene rings is 1. The highest BCUT2D eigenvalue weighted by Crippen LogP contribution is 2.37. The van der Waals surface area contributed by atoms with Crippen LogP contribution in [0.25, 0.3) is 0 Å². The summed E-state index contributed by atoms with van der Waals surface area (Å²) in [6, 6.07) is 2.04. The Labute approximate surface area is 117 Å². The second kappa shape index (κ2) is 6.58. The Hall–Kier alpha value is -1.54. The van der Waals surface area contributed by atoms with E-state index in [4.69, 9.17) is 0 Å². The van der Waals surface area contributed by atoms with Crippen molar-refractivity contribution in [3.8, 4) is 6.07 Å². The van der Waals surface area contributed by atoms with Crippen LogP contribution in [0.2, 0.25) is 0 Å². The SMILES string of the molecule is CCCCNC(=O)Nc1sc2c(c1C#N)CCCC2. The molecule has 1 aromatic heterocycles. The van der Waals surface area contributed by atoms with E-state index in [1.807, 2.05) is 0 Å². The number of nitriles is 1. The Morgan fingerprint density at radius 3 is 2.95 bits per heavy atom. The lowest BCUT2D eigenvalue weighted by Crippen LogP contribution is -2.29. The summed E-state index contributed by atoms with van der Waals surface area (Å²) < 4.78 is 0. The highest BCUT2D eigenvalue weighted by molar-refractivity contribution is 7.16. The standard InChI is InChI=1S/C14H19N3OS/c1-2-3-8-16-14(18)17-13-11(9-15)10-6-4-5-7-12(10)19-13/h2-8H2,1H3,(H2,16,17,18). The van der Waals surface area contributed by atoms with Crippen LogP contribution in [0.4, 0.5) is 9.80 Å². The summed E-state index contributed by atoms with van der Waals surface area (Å²) in [5.41, 5.74) is 1.83. The topological polar surface area (TPSA) is 64.9 Å². The lowest BCUT2D eigenvalue weighted by molar-refractivity contribution is 0.252. The van der Waals surface area contributed by atoms with Crippen molar-refractivity contribution in [3.63, 3.8) is 0 Å². The third-order valence-corrected chi connectivity index (χ3v) is 4.53. The van der Waals surface area contributed by atoms with E-state index in [9.17, 15) is 10.1 Å². The zero-order valence-corrected chi connectivity index (χ0v) is 12.0. The van der Waals surface area contributed by atoms with Crippen molar-refractivity contribution >= 4 is 22.4 Å². The Kier molecular flexibility index (Phi) is 4.80. The summed E-state index contributed by atoms with van der Waals surface area (Å²) in [7, 11) is 0. The fourth-order valence-corrected chi connectivity index (χ4v) is 3.53. The molecule has 0 radical (unpaired) electrons. The monoisotopic (exact) mass is 277 g/mol. The van der Waals surface area contributed by atoms with Crippen molar-refractivity contribution in [2.24, 2.45) is 0 Å². The molecule has 1 aliphatic carbocycles. The third-order valence-electron chi connectivity index (χ3n) is 3.33. The molecular weight excluding hydrogens is 258 g/mol. The molecule has 0 saturated carbocycles. The van der Waals surface area contributed by atoms with Gasteiger partial charge in [0.1, 0.15) is 11.1 Å². The molecule has 2 amide bonds. The van der Waals surface area contributed by atoms with E-state index in [1.165, 1.54) is 11.3 Å². The van der Waals surface area contributed by atoms with E-state index < -0.39 is 0 Å². The van der Waals surface area contributed by atoms with Gasteiger partial charge in [-0.05, 0) is 37.7 Å². The number of unbranched alkanes of at least 4 members (excludes halogenated alkanes) is 1. The van der Waals surface area contributed by atoms with Gasteiger partial charge >= 0.3 is 6.03 Å².